The van der Waals surface area contributed by atoms with Crippen molar-refractivity contribution < 1.29 is 9.21 Å². The van der Waals surface area contributed by atoms with Crippen LogP contribution in [0, 0.1) is 13.8 Å². The van der Waals surface area contributed by atoms with Gasteiger partial charge in [0.2, 0.25) is 11.8 Å². The van der Waals surface area contributed by atoms with Crippen molar-refractivity contribution in [2.45, 2.75) is 26.3 Å². The van der Waals surface area contributed by atoms with E-state index >= 15 is 0 Å². The van der Waals surface area contributed by atoms with E-state index in [0.717, 1.165) is 11.5 Å². The summed E-state index contributed by atoms with van der Waals surface area (Å²) in [7, 11) is 0. The highest BCUT2D eigenvalue weighted by molar-refractivity contribution is 5.79. The van der Waals surface area contributed by atoms with Gasteiger partial charge in [0, 0.05) is 6.54 Å². The molecule has 1 aromatic rings. The standard InChI is InChI=1S/C10H15N3O2/c1-6-7(2)15-9(13-6)10(3)5-11-8(14)4-12-10/h12H,4-5H2,1-3H3,(H,11,14). The van der Waals surface area contributed by atoms with E-state index < -0.39 is 5.54 Å². The van der Waals surface area contributed by atoms with Crippen LogP contribution in [0.3, 0.4) is 0 Å². The summed E-state index contributed by atoms with van der Waals surface area (Å²) in [6.07, 6.45) is 0. The summed E-state index contributed by atoms with van der Waals surface area (Å²) in [5.74, 6) is 1.47. The Morgan fingerprint density at radius 2 is 2.20 bits per heavy atom. The Morgan fingerprint density at radius 3 is 2.67 bits per heavy atom. The van der Waals surface area contributed by atoms with Crippen LogP contribution in [0.5, 0.6) is 0 Å². The number of amides is 1. The van der Waals surface area contributed by atoms with Gasteiger partial charge in [-0.25, -0.2) is 4.98 Å². The van der Waals surface area contributed by atoms with Gasteiger partial charge in [0.1, 0.15) is 11.3 Å². The van der Waals surface area contributed by atoms with Crippen molar-refractivity contribution in [3.63, 3.8) is 0 Å². The number of oxazole rings is 1. The van der Waals surface area contributed by atoms with Gasteiger partial charge in [0.15, 0.2) is 0 Å². The lowest BCUT2D eigenvalue weighted by atomic mass is 10.0. The molecule has 1 aliphatic rings. The van der Waals surface area contributed by atoms with Gasteiger partial charge in [-0.05, 0) is 20.8 Å². The monoisotopic (exact) mass is 209 g/mol. The largest absolute Gasteiger partial charge is 0.444 e. The maximum absolute atomic E-state index is 11.0. The van der Waals surface area contributed by atoms with Crippen LogP contribution in [0.1, 0.15) is 24.3 Å². The minimum Gasteiger partial charge on any atom is -0.444 e. The van der Waals surface area contributed by atoms with Gasteiger partial charge in [-0.1, -0.05) is 0 Å². The molecule has 0 radical (unpaired) electrons. The second-order valence-corrected chi connectivity index (χ2v) is 4.12. The van der Waals surface area contributed by atoms with Crippen molar-refractivity contribution in [3.8, 4) is 0 Å². The smallest absolute Gasteiger partial charge is 0.234 e. The van der Waals surface area contributed by atoms with Gasteiger partial charge in [-0.15, -0.1) is 0 Å². The van der Waals surface area contributed by atoms with Crippen LogP contribution >= 0.6 is 0 Å². The molecule has 0 bridgehead atoms. The molecule has 5 heteroatoms. The molecule has 1 aromatic heterocycles. The zero-order chi connectivity index (χ0) is 11.1. The third-order valence-corrected chi connectivity index (χ3v) is 2.78. The number of carbonyl (C=O) groups is 1. The number of piperazine rings is 1. The summed E-state index contributed by atoms with van der Waals surface area (Å²) in [4.78, 5) is 15.4. The first kappa shape index (κ1) is 10.2. The molecule has 82 valence electrons. The van der Waals surface area contributed by atoms with Crippen molar-refractivity contribution >= 4 is 5.91 Å². The minimum atomic E-state index is -0.396. The van der Waals surface area contributed by atoms with Crippen LogP contribution < -0.4 is 10.6 Å². The van der Waals surface area contributed by atoms with E-state index in [-0.39, 0.29) is 5.91 Å². The second kappa shape index (κ2) is 3.34. The fraction of sp³-hybridized carbons (Fsp3) is 0.600. The summed E-state index contributed by atoms with van der Waals surface area (Å²) in [5.41, 5.74) is 0.498. The predicted molar refractivity (Wildman–Crippen MR) is 54.3 cm³/mol. The molecule has 2 rings (SSSR count). The van der Waals surface area contributed by atoms with Crippen molar-refractivity contribution in [1.29, 1.82) is 0 Å². The summed E-state index contributed by atoms with van der Waals surface area (Å²) >= 11 is 0. The van der Waals surface area contributed by atoms with Crippen molar-refractivity contribution in [2.24, 2.45) is 0 Å². The van der Waals surface area contributed by atoms with Crippen molar-refractivity contribution in [2.75, 3.05) is 13.1 Å². The highest BCUT2D eigenvalue weighted by Crippen LogP contribution is 2.22. The van der Waals surface area contributed by atoms with E-state index in [2.05, 4.69) is 15.6 Å². The van der Waals surface area contributed by atoms with Gasteiger partial charge in [-0.3, -0.25) is 10.1 Å². The Labute approximate surface area is 88.3 Å². The normalized spacial score (nSPS) is 26.5. The maximum atomic E-state index is 11.0. The molecule has 0 saturated carbocycles. The molecule has 1 amide bonds. The number of aromatic nitrogens is 1. The van der Waals surface area contributed by atoms with Crippen LogP contribution in [0.4, 0.5) is 0 Å². The van der Waals surface area contributed by atoms with E-state index in [0.29, 0.717) is 19.0 Å². The molecular weight excluding hydrogens is 194 g/mol. The Balaban J connectivity index is 2.25. The molecule has 1 aliphatic heterocycles. The third kappa shape index (κ3) is 1.74. The number of hydrogen-bond acceptors (Lipinski definition) is 4. The zero-order valence-electron chi connectivity index (χ0n) is 9.18. The quantitative estimate of drug-likeness (QED) is 0.694. The van der Waals surface area contributed by atoms with Crippen molar-refractivity contribution in [3.05, 3.63) is 17.3 Å². The van der Waals surface area contributed by atoms with Crippen LogP contribution in [0.15, 0.2) is 4.42 Å². The summed E-state index contributed by atoms with van der Waals surface area (Å²) in [5, 5.41) is 5.93. The Bertz CT molecular complexity index is 368. The van der Waals surface area contributed by atoms with Gasteiger partial charge >= 0.3 is 0 Å². The van der Waals surface area contributed by atoms with Crippen LogP contribution in [-0.2, 0) is 10.3 Å². The molecular formula is C10H15N3O2. The number of rotatable bonds is 1. The molecule has 0 aliphatic carbocycles. The van der Waals surface area contributed by atoms with Crippen LogP contribution in [0.2, 0.25) is 0 Å². The van der Waals surface area contributed by atoms with E-state index in [1.165, 1.54) is 0 Å². The number of hydrogen-bond donors (Lipinski definition) is 2. The molecule has 2 N–H and O–H groups in total. The topological polar surface area (TPSA) is 67.2 Å². The summed E-state index contributed by atoms with van der Waals surface area (Å²) < 4.78 is 5.57. The number of aryl methyl sites for hydroxylation is 2. The Morgan fingerprint density at radius 1 is 1.47 bits per heavy atom. The summed E-state index contributed by atoms with van der Waals surface area (Å²) in [6, 6.07) is 0. The molecule has 0 spiro atoms. The minimum absolute atomic E-state index is 0.00692. The van der Waals surface area contributed by atoms with E-state index in [9.17, 15) is 4.79 Å². The molecule has 1 fully saturated rings. The van der Waals surface area contributed by atoms with Crippen LogP contribution in [-0.4, -0.2) is 24.0 Å². The number of nitrogens with one attached hydrogen (secondary N) is 2. The molecule has 15 heavy (non-hydrogen) atoms. The van der Waals surface area contributed by atoms with Gasteiger partial charge < -0.3 is 9.73 Å². The number of nitrogens with zero attached hydrogens (tertiary/aromatic N) is 1. The molecule has 1 atom stereocenters. The zero-order valence-corrected chi connectivity index (χ0v) is 9.18. The molecule has 1 unspecified atom stereocenters. The van der Waals surface area contributed by atoms with E-state index in [1.54, 1.807) is 0 Å². The Kier molecular flexibility index (Phi) is 2.26. The lowest BCUT2D eigenvalue weighted by Crippen LogP contribution is -2.57. The molecule has 1 saturated heterocycles. The van der Waals surface area contributed by atoms with Gasteiger partial charge in [0.05, 0.1) is 12.2 Å². The third-order valence-electron chi connectivity index (χ3n) is 2.78. The molecule has 0 aromatic carbocycles. The highest BCUT2D eigenvalue weighted by Gasteiger charge is 2.35. The van der Waals surface area contributed by atoms with Crippen LogP contribution in [0.25, 0.3) is 0 Å². The first-order valence-corrected chi connectivity index (χ1v) is 4.97. The fourth-order valence-corrected chi connectivity index (χ4v) is 1.54. The Hall–Kier alpha value is -1.36. The maximum Gasteiger partial charge on any atom is 0.234 e. The summed E-state index contributed by atoms with van der Waals surface area (Å²) in [6.45, 7) is 6.57. The van der Waals surface area contributed by atoms with Gasteiger partial charge in [-0.2, -0.15) is 0 Å². The first-order valence-electron chi connectivity index (χ1n) is 4.97. The lowest BCUT2D eigenvalue weighted by molar-refractivity contribution is -0.122. The molecule has 2 heterocycles. The van der Waals surface area contributed by atoms with E-state index in [4.69, 9.17) is 4.42 Å². The molecule has 5 nitrogen and oxygen atoms in total. The first-order chi connectivity index (χ1) is 7.01. The number of carbonyl (C=O) groups excluding carboxylic acids is 1. The second-order valence-electron chi connectivity index (χ2n) is 4.12. The van der Waals surface area contributed by atoms with Gasteiger partial charge in [0.25, 0.3) is 0 Å². The SMILES string of the molecule is Cc1nc(C2(C)CNC(=O)CN2)oc1C. The van der Waals surface area contributed by atoms with E-state index in [1.807, 2.05) is 20.8 Å². The lowest BCUT2D eigenvalue weighted by Gasteiger charge is -2.31. The predicted octanol–water partition coefficient (Wildman–Crippen LogP) is 0.226. The average Bonchev–Trinajstić information content (AvgIpc) is 2.53. The van der Waals surface area contributed by atoms with Crippen molar-refractivity contribution in [1.82, 2.24) is 15.6 Å². The highest BCUT2D eigenvalue weighted by atomic mass is 16.4. The average molecular weight is 209 g/mol. The fourth-order valence-electron chi connectivity index (χ4n) is 1.54.